The van der Waals surface area contributed by atoms with Crippen molar-refractivity contribution in [3.05, 3.63) is 29.3 Å². The summed E-state index contributed by atoms with van der Waals surface area (Å²) in [5.41, 5.74) is 9.24. The van der Waals surface area contributed by atoms with Crippen LogP contribution < -0.4 is 10.6 Å². The van der Waals surface area contributed by atoms with Crippen molar-refractivity contribution >= 4 is 11.6 Å². The van der Waals surface area contributed by atoms with Gasteiger partial charge in [0.2, 0.25) is 5.91 Å². The van der Waals surface area contributed by atoms with Crippen LogP contribution in [-0.2, 0) is 4.79 Å². The highest BCUT2D eigenvalue weighted by Crippen LogP contribution is 2.39. The van der Waals surface area contributed by atoms with E-state index in [2.05, 4.69) is 6.07 Å². The Labute approximate surface area is 102 Å². The molecule has 1 amide bonds. The van der Waals surface area contributed by atoms with Crippen molar-refractivity contribution in [2.24, 2.45) is 5.73 Å². The van der Waals surface area contributed by atoms with Gasteiger partial charge < -0.3 is 10.6 Å². The molecule has 0 aromatic heterocycles. The fourth-order valence-corrected chi connectivity index (χ4v) is 3.08. The fourth-order valence-electron chi connectivity index (χ4n) is 3.08. The third kappa shape index (κ3) is 1.57. The average molecular weight is 230 g/mol. The Hall–Kier alpha value is -1.35. The molecule has 0 saturated heterocycles. The first-order valence-electron chi connectivity index (χ1n) is 6.37. The standard InChI is InChI=1S/C14H18N2O/c1-9-6-7-12-11(8-9)13(15)14(17)16(12)10-4-2-3-5-10/h6-8,10,13H,2-5,15H2,1H3/t13-/m0/s1. The molecule has 2 aliphatic rings. The third-order valence-electron chi connectivity index (χ3n) is 3.97. The maximum atomic E-state index is 12.3. The highest BCUT2D eigenvalue weighted by Gasteiger charge is 2.39. The van der Waals surface area contributed by atoms with Gasteiger partial charge >= 0.3 is 0 Å². The topological polar surface area (TPSA) is 46.3 Å². The molecule has 1 aliphatic carbocycles. The summed E-state index contributed by atoms with van der Waals surface area (Å²) in [6, 6.07) is 6.08. The number of benzene rings is 1. The molecule has 0 bridgehead atoms. The van der Waals surface area contributed by atoms with Crippen LogP contribution in [0.4, 0.5) is 5.69 Å². The number of nitrogens with zero attached hydrogens (tertiary/aromatic N) is 1. The van der Waals surface area contributed by atoms with Crippen LogP contribution in [0.3, 0.4) is 0 Å². The van der Waals surface area contributed by atoms with Crippen molar-refractivity contribution in [1.82, 2.24) is 0 Å². The van der Waals surface area contributed by atoms with Crippen LogP contribution >= 0.6 is 0 Å². The summed E-state index contributed by atoms with van der Waals surface area (Å²) < 4.78 is 0. The Morgan fingerprint density at radius 1 is 1.29 bits per heavy atom. The molecule has 17 heavy (non-hydrogen) atoms. The van der Waals surface area contributed by atoms with Crippen molar-refractivity contribution in [2.45, 2.75) is 44.7 Å². The van der Waals surface area contributed by atoms with E-state index >= 15 is 0 Å². The van der Waals surface area contributed by atoms with Gasteiger partial charge in [-0.05, 0) is 25.8 Å². The number of amides is 1. The van der Waals surface area contributed by atoms with Gasteiger partial charge in [-0.25, -0.2) is 0 Å². The van der Waals surface area contributed by atoms with Gasteiger partial charge in [0.1, 0.15) is 6.04 Å². The first kappa shape index (κ1) is 10.8. The van der Waals surface area contributed by atoms with Crippen molar-refractivity contribution in [1.29, 1.82) is 0 Å². The van der Waals surface area contributed by atoms with Gasteiger partial charge in [0.05, 0.1) is 0 Å². The van der Waals surface area contributed by atoms with Crippen LogP contribution in [0.1, 0.15) is 42.9 Å². The molecule has 0 unspecified atom stereocenters. The van der Waals surface area contributed by atoms with E-state index in [1.54, 1.807) is 0 Å². The van der Waals surface area contributed by atoms with Crippen molar-refractivity contribution in [3.63, 3.8) is 0 Å². The molecule has 1 fully saturated rings. The number of anilines is 1. The van der Waals surface area contributed by atoms with Gasteiger partial charge in [-0.15, -0.1) is 0 Å². The van der Waals surface area contributed by atoms with Gasteiger partial charge in [-0.1, -0.05) is 30.5 Å². The molecule has 90 valence electrons. The molecule has 3 nitrogen and oxygen atoms in total. The molecule has 1 aliphatic heterocycles. The first-order valence-corrected chi connectivity index (χ1v) is 6.37. The summed E-state index contributed by atoms with van der Waals surface area (Å²) in [6.07, 6.45) is 4.69. The highest BCUT2D eigenvalue weighted by molar-refractivity contribution is 6.05. The maximum Gasteiger partial charge on any atom is 0.248 e. The molecule has 1 atom stereocenters. The lowest BCUT2D eigenvalue weighted by Gasteiger charge is -2.24. The van der Waals surface area contributed by atoms with E-state index in [0.29, 0.717) is 6.04 Å². The zero-order valence-corrected chi connectivity index (χ0v) is 10.1. The second-order valence-corrected chi connectivity index (χ2v) is 5.19. The number of aryl methyl sites for hydroxylation is 1. The van der Waals surface area contributed by atoms with Gasteiger partial charge in [0.25, 0.3) is 0 Å². The summed E-state index contributed by atoms with van der Waals surface area (Å²) in [6.45, 7) is 2.04. The maximum absolute atomic E-state index is 12.3. The SMILES string of the molecule is Cc1ccc2c(c1)[C@H](N)C(=O)N2C1CCCC1. The smallest absolute Gasteiger partial charge is 0.248 e. The number of rotatable bonds is 1. The van der Waals surface area contributed by atoms with Crippen LogP contribution in [0.5, 0.6) is 0 Å². The lowest BCUT2D eigenvalue weighted by molar-refractivity contribution is -0.119. The Morgan fingerprint density at radius 3 is 2.71 bits per heavy atom. The summed E-state index contributed by atoms with van der Waals surface area (Å²) in [5.74, 6) is 0.0810. The van der Waals surface area contributed by atoms with Crippen LogP contribution in [-0.4, -0.2) is 11.9 Å². The van der Waals surface area contributed by atoms with Crippen LogP contribution in [0.25, 0.3) is 0 Å². The Morgan fingerprint density at radius 2 is 2.00 bits per heavy atom. The van der Waals surface area contributed by atoms with Crippen LogP contribution in [0.2, 0.25) is 0 Å². The van der Waals surface area contributed by atoms with E-state index in [0.717, 1.165) is 24.1 Å². The molecule has 1 heterocycles. The normalized spacial score (nSPS) is 24.5. The second kappa shape index (κ2) is 3.84. The number of fused-ring (bicyclic) bond motifs is 1. The van der Waals surface area contributed by atoms with E-state index in [1.165, 1.54) is 18.4 Å². The molecule has 1 saturated carbocycles. The Balaban J connectivity index is 2.04. The number of carbonyl (C=O) groups excluding carboxylic acids is 1. The van der Waals surface area contributed by atoms with E-state index < -0.39 is 6.04 Å². The average Bonchev–Trinajstić information content (AvgIpc) is 2.90. The lowest BCUT2D eigenvalue weighted by Crippen LogP contribution is -2.38. The summed E-state index contributed by atoms with van der Waals surface area (Å²) >= 11 is 0. The van der Waals surface area contributed by atoms with E-state index in [1.807, 2.05) is 24.0 Å². The first-order chi connectivity index (χ1) is 8.18. The zero-order chi connectivity index (χ0) is 12.0. The summed E-state index contributed by atoms with van der Waals surface area (Å²) in [7, 11) is 0. The summed E-state index contributed by atoms with van der Waals surface area (Å²) in [5, 5.41) is 0. The number of hydrogen-bond acceptors (Lipinski definition) is 2. The van der Waals surface area contributed by atoms with Crippen molar-refractivity contribution in [3.8, 4) is 0 Å². The van der Waals surface area contributed by atoms with E-state index in [-0.39, 0.29) is 5.91 Å². The molecule has 2 N–H and O–H groups in total. The Kier molecular flexibility index (Phi) is 2.44. The number of hydrogen-bond donors (Lipinski definition) is 1. The van der Waals surface area contributed by atoms with Crippen molar-refractivity contribution in [2.75, 3.05) is 4.90 Å². The third-order valence-corrected chi connectivity index (χ3v) is 3.97. The fraction of sp³-hybridized carbons (Fsp3) is 0.500. The number of carbonyl (C=O) groups is 1. The number of nitrogens with two attached hydrogens (primary N) is 1. The molecule has 3 heteroatoms. The molecule has 3 rings (SSSR count). The zero-order valence-electron chi connectivity index (χ0n) is 10.1. The van der Waals surface area contributed by atoms with Crippen molar-refractivity contribution < 1.29 is 4.79 Å². The van der Waals surface area contributed by atoms with E-state index in [9.17, 15) is 4.79 Å². The largest absolute Gasteiger partial charge is 0.316 e. The van der Waals surface area contributed by atoms with Gasteiger partial charge in [0.15, 0.2) is 0 Å². The molecule has 0 radical (unpaired) electrons. The molecule has 0 spiro atoms. The van der Waals surface area contributed by atoms with Crippen LogP contribution in [0.15, 0.2) is 18.2 Å². The van der Waals surface area contributed by atoms with E-state index in [4.69, 9.17) is 5.73 Å². The van der Waals surface area contributed by atoms with Gasteiger partial charge in [0, 0.05) is 17.3 Å². The minimum absolute atomic E-state index is 0.0810. The minimum Gasteiger partial charge on any atom is -0.316 e. The van der Waals surface area contributed by atoms with Gasteiger partial charge in [-0.2, -0.15) is 0 Å². The lowest BCUT2D eigenvalue weighted by atomic mass is 10.1. The second-order valence-electron chi connectivity index (χ2n) is 5.19. The summed E-state index contributed by atoms with van der Waals surface area (Å²) in [4.78, 5) is 14.2. The monoisotopic (exact) mass is 230 g/mol. The molecular formula is C14H18N2O. The predicted molar refractivity (Wildman–Crippen MR) is 67.8 cm³/mol. The predicted octanol–water partition coefficient (Wildman–Crippen LogP) is 2.28. The highest BCUT2D eigenvalue weighted by atomic mass is 16.2. The molecule has 1 aromatic carbocycles. The molecule has 1 aromatic rings. The van der Waals surface area contributed by atoms with Gasteiger partial charge in [-0.3, -0.25) is 4.79 Å². The Bertz CT molecular complexity index is 463. The van der Waals surface area contributed by atoms with Crippen LogP contribution in [0, 0.1) is 6.92 Å². The quantitative estimate of drug-likeness (QED) is 0.804. The minimum atomic E-state index is -0.453. The molecular weight excluding hydrogens is 212 g/mol.